The molecule has 0 aliphatic rings. The SMILES string of the molecule is CC[C@H](Oc1ccccc1C)C(=O)Nc1cccnc1-n1cncn1. The Hall–Kier alpha value is -3.22. The van der Waals surface area contributed by atoms with Gasteiger partial charge in [0.2, 0.25) is 0 Å². The maximum Gasteiger partial charge on any atom is 0.265 e. The third-order valence-corrected chi connectivity index (χ3v) is 3.71. The number of rotatable bonds is 6. The van der Waals surface area contributed by atoms with E-state index in [1.807, 2.05) is 38.1 Å². The number of aromatic nitrogens is 4. The molecule has 0 radical (unpaired) electrons. The topological polar surface area (TPSA) is 81.9 Å². The minimum Gasteiger partial charge on any atom is -0.480 e. The molecule has 1 atom stereocenters. The Morgan fingerprint density at radius 2 is 2.12 bits per heavy atom. The van der Waals surface area contributed by atoms with Crippen LogP contribution >= 0.6 is 0 Å². The molecule has 2 aromatic heterocycles. The molecule has 0 bridgehead atoms. The van der Waals surface area contributed by atoms with E-state index in [0.29, 0.717) is 23.7 Å². The van der Waals surface area contributed by atoms with Crippen molar-refractivity contribution in [1.82, 2.24) is 19.7 Å². The van der Waals surface area contributed by atoms with Crippen molar-refractivity contribution >= 4 is 11.6 Å². The molecule has 0 fully saturated rings. The highest BCUT2D eigenvalue weighted by Gasteiger charge is 2.21. The Bertz CT molecular complexity index is 848. The average Bonchev–Trinajstić information content (AvgIpc) is 3.16. The lowest BCUT2D eigenvalue weighted by molar-refractivity contribution is -0.122. The average molecular weight is 337 g/mol. The summed E-state index contributed by atoms with van der Waals surface area (Å²) in [7, 11) is 0. The van der Waals surface area contributed by atoms with Gasteiger partial charge in [-0.25, -0.2) is 14.6 Å². The van der Waals surface area contributed by atoms with Crippen LogP contribution in [-0.2, 0) is 4.79 Å². The van der Waals surface area contributed by atoms with E-state index in [-0.39, 0.29) is 5.91 Å². The molecule has 7 heteroatoms. The van der Waals surface area contributed by atoms with Crippen LogP contribution in [0.15, 0.2) is 55.2 Å². The summed E-state index contributed by atoms with van der Waals surface area (Å²) < 4.78 is 7.39. The largest absolute Gasteiger partial charge is 0.480 e. The number of ether oxygens (including phenoxy) is 1. The van der Waals surface area contributed by atoms with Gasteiger partial charge in [-0.2, -0.15) is 5.10 Å². The molecule has 1 N–H and O–H groups in total. The summed E-state index contributed by atoms with van der Waals surface area (Å²) >= 11 is 0. The van der Waals surface area contributed by atoms with E-state index in [1.54, 1.807) is 18.3 Å². The van der Waals surface area contributed by atoms with Crippen LogP contribution in [0.5, 0.6) is 5.75 Å². The molecule has 0 spiro atoms. The second kappa shape index (κ2) is 7.57. The number of nitrogens with one attached hydrogen (secondary N) is 1. The van der Waals surface area contributed by atoms with Crippen LogP contribution < -0.4 is 10.1 Å². The van der Waals surface area contributed by atoms with Gasteiger partial charge in [-0.3, -0.25) is 4.79 Å². The minimum atomic E-state index is -0.607. The number of carbonyl (C=O) groups excluding carboxylic acids is 1. The molecule has 0 saturated heterocycles. The number of pyridine rings is 1. The predicted molar refractivity (Wildman–Crippen MR) is 93.7 cm³/mol. The number of benzene rings is 1. The Morgan fingerprint density at radius 3 is 2.84 bits per heavy atom. The molecule has 3 rings (SSSR count). The fourth-order valence-corrected chi connectivity index (χ4v) is 2.37. The van der Waals surface area contributed by atoms with Crippen molar-refractivity contribution in [2.45, 2.75) is 26.4 Å². The van der Waals surface area contributed by atoms with Crippen LogP contribution in [0.3, 0.4) is 0 Å². The van der Waals surface area contributed by atoms with Crippen LogP contribution in [0, 0.1) is 6.92 Å². The lowest BCUT2D eigenvalue weighted by atomic mass is 10.2. The quantitative estimate of drug-likeness (QED) is 0.748. The van der Waals surface area contributed by atoms with Crippen molar-refractivity contribution in [2.75, 3.05) is 5.32 Å². The van der Waals surface area contributed by atoms with Gasteiger partial charge in [0.1, 0.15) is 18.4 Å². The Morgan fingerprint density at radius 1 is 1.28 bits per heavy atom. The summed E-state index contributed by atoms with van der Waals surface area (Å²) in [6.45, 7) is 3.86. The van der Waals surface area contributed by atoms with E-state index >= 15 is 0 Å². The number of nitrogens with zero attached hydrogens (tertiary/aromatic N) is 4. The van der Waals surface area contributed by atoms with Gasteiger partial charge >= 0.3 is 0 Å². The fourth-order valence-electron chi connectivity index (χ4n) is 2.37. The lowest BCUT2D eigenvalue weighted by Gasteiger charge is -2.19. The number of para-hydroxylation sites is 1. The fraction of sp³-hybridized carbons (Fsp3) is 0.222. The first-order valence-corrected chi connectivity index (χ1v) is 8.02. The molecule has 0 aliphatic carbocycles. The van der Waals surface area contributed by atoms with Crippen molar-refractivity contribution in [2.24, 2.45) is 0 Å². The Balaban J connectivity index is 1.78. The van der Waals surface area contributed by atoms with Crippen molar-refractivity contribution in [3.8, 4) is 11.6 Å². The maximum atomic E-state index is 12.7. The summed E-state index contributed by atoms with van der Waals surface area (Å²) in [6.07, 6.45) is 4.51. The summed E-state index contributed by atoms with van der Waals surface area (Å²) in [4.78, 5) is 20.8. The van der Waals surface area contributed by atoms with Gasteiger partial charge in [0.25, 0.3) is 5.91 Å². The molecule has 1 amide bonds. The van der Waals surface area contributed by atoms with Gasteiger partial charge in [-0.15, -0.1) is 0 Å². The molecule has 2 heterocycles. The van der Waals surface area contributed by atoms with Crippen molar-refractivity contribution < 1.29 is 9.53 Å². The second-order valence-electron chi connectivity index (χ2n) is 5.48. The van der Waals surface area contributed by atoms with Gasteiger partial charge < -0.3 is 10.1 Å². The number of carbonyl (C=O) groups is 1. The number of hydrogen-bond acceptors (Lipinski definition) is 5. The first kappa shape index (κ1) is 16.6. The molecular formula is C18H19N5O2. The number of hydrogen-bond donors (Lipinski definition) is 1. The van der Waals surface area contributed by atoms with Crippen molar-refractivity contribution in [1.29, 1.82) is 0 Å². The second-order valence-corrected chi connectivity index (χ2v) is 5.48. The molecular weight excluding hydrogens is 318 g/mol. The van der Waals surface area contributed by atoms with E-state index in [1.165, 1.54) is 17.3 Å². The third kappa shape index (κ3) is 3.82. The number of amides is 1. The van der Waals surface area contributed by atoms with E-state index in [2.05, 4.69) is 20.4 Å². The van der Waals surface area contributed by atoms with E-state index in [9.17, 15) is 4.79 Å². The van der Waals surface area contributed by atoms with Crippen molar-refractivity contribution in [3.05, 3.63) is 60.8 Å². The van der Waals surface area contributed by atoms with E-state index in [0.717, 1.165) is 5.56 Å². The zero-order valence-electron chi connectivity index (χ0n) is 14.1. The normalized spacial score (nSPS) is 11.8. The van der Waals surface area contributed by atoms with Gasteiger partial charge in [0.15, 0.2) is 11.9 Å². The van der Waals surface area contributed by atoms with Crippen LogP contribution in [-0.4, -0.2) is 31.8 Å². The highest BCUT2D eigenvalue weighted by Crippen LogP contribution is 2.21. The Kier molecular flexibility index (Phi) is 5.03. The number of anilines is 1. The number of aryl methyl sites for hydroxylation is 1. The smallest absolute Gasteiger partial charge is 0.265 e. The van der Waals surface area contributed by atoms with Crippen molar-refractivity contribution in [3.63, 3.8) is 0 Å². The zero-order valence-corrected chi connectivity index (χ0v) is 14.1. The zero-order chi connectivity index (χ0) is 17.6. The van der Waals surface area contributed by atoms with E-state index in [4.69, 9.17) is 4.74 Å². The van der Waals surface area contributed by atoms with Gasteiger partial charge in [0, 0.05) is 6.20 Å². The molecule has 128 valence electrons. The first-order valence-electron chi connectivity index (χ1n) is 8.02. The minimum absolute atomic E-state index is 0.236. The van der Waals surface area contributed by atoms with Gasteiger partial charge in [-0.1, -0.05) is 25.1 Å². The molecule has 0 saturated carbocycles. The summed E-state index contributed by atoms with van der Waals surface area (Å²) in [5.74, 6) is 0.964. The predicted octanol–water partition coefficient (Wildman–Crippen LogP) is 2.77. The standard InChI is InChI=1S/C18H19N5O2/c1-3-15(25-16-9-5-4-7-13(16)2)18(24)22-14-8-6-10-20-17(14)23-12-19-11-21-23/h4-12,15H,3H2,1-2H3,(H,22,24)/t15-/m0/s1. The summed E-state index contributed by atoms with van der Waals surface area (Å²) in [5, 5.41) is 6.93. The van der Waals surface area contributed by atoms with Gasteiger partial charge in [-0.05, 0) is 37.1 Å². The van der Waals surface area contributed by atoms with E-state index < -0.39 is 6.10 Å². The molecule has 3 aromatic rings. The molecule has 0 unspecified atom stereocenters. The van der Waals surface area contributed by atoms with Crippen LogP contribution in [0.25, 0.3) is 5.82 Å². The Labute approximate surface area is 145 Å². The van der Waals surface area contributed by atoms with Crippen LogP contribution in [0.2, 0.25) is 0 Å². The molecule has 7 nitrogen and oxygen atoms in total. The molecule has 25 heavy (non-hydrogen) atoms. The first-order chi connectivity index (χ1) is 12.2. The molecule has 1 aromatic carbocycles. The third-order valence-electron chi connectivity index (χ3n) is 3.71. The lowest BCUT2D eigenvalue weighted by Crippen LogP contribution is -2.33. The highest BCUT2D eigenvalue weighted by atomic mass is 16.5. The maximum absolute atomic E-state index is 12.7. The highest BCUT2D eigenvalue weighted by molar-refractivity contribution is 5.95. The summed E-state index contributed by atoms with van der Waals surface area (Å²) in [5.41, 5.74) is 1.53. The molecule has 0 aliphatic heterocycles. The van der Waals surface area contributed by atoms with Crippen LogP contribution in [0.4, 0.5) is 5.69 Å². The monoisotopic (exact) mass is 337 g/mol. The van der Waals surface area contributed by atoms with Crippen LogP contribution in [0.1, 0.15) is 18.9 Å². The van der Waals surface area contributed by atoms with Gasteiger partial charge in [0.05, 0.1) is 5.69 Å². The summed E-state index contributed by atoms with van der Waals surface area (Å²) in [6, 6.07) is 11.1.